The summed E-state index contributed by atoms with van der Waals surface area (Å²) in [6, 6.07) is 11.5. The van der Waals surface area contributed by atoms with Crippen LogP contribution in [-0.2, 0) is 9.59 Å². The summed E-state index contributed by atoms with van der Waals surface area (Å²) in [5.74, 6) is -0.105. The van der Waals surface area contributed by atoms with Gasteiger partial charge in [-0.2, -0.15) is 0 Å². The third-order valence-corrected chi connectivity index (χ3v) is 3.57. The van der Waals surface area contributed by atoms with Crippen LogP contribution in [0.4, 0.5) is 11.4 Å². The Balaban J connectivity index is 1.97. The number of amides is 2. The Labute approximate surface area is 149 Å². The lowest BCUT2D eigenvalue weighted by molar-refractivity contribution is -0.122. The Kier molecular flexibility index (Phi) is 6.06. The van der Waals surface area contributed by atoms with Crippen molar-refractivity contribution in [3.05, 3.63) is 52.5 Å². The molecule has 1 atom stereocenters. The quantitative estimate of drug-likeness (QED) is 0.825. The lowest BCUT2D eigenvalue weighted by Crippen LogP contribution is -2.30. The highest BCUT2D eigenvalue weighted by Gasteiger charge is 2.16. The van der Waals surface area contributed by atoms with E-state index in [0.717, 1.165) is 0 Å². The molecule has 0 aliphatic rings. The second-order valence-corrected chi connectivity index (χ2v) is 5.93. The van der Waals surface area contributed by atoms with Gasteiger partial charge in [-0.3, -0.25) is 9.59 Å². The van der Waals surface area contributed by atoms with E-state index in [0.29, 0.717) is 27.2 Å². The van der Waals surface area contributed by atoms with Gasteiger partial charge in [-0.15, -0.1) is 0 Å². The van der Waals surface area contributed by atoms with Gasteiger partial charge in [0.2, 0.25) is 5.91 Å². The second-order valence-electron chi connectivity index (χ2n) is 5.08. The largest absolute Gasteiger partial charge is 0.479 e. The number of hydrogen-bond acceptors (Lipinski definition) is 3. The Morgan fingerprint density at radius 3 is 2.12 bits per heavy atom. The fraction of sp³-hybridized carbons (Fsp3) is 0.176. The van der Waals surface area contributed by atoms with Crippen LogP contribution in [0.2, 0.25) is 10.0 Å². The van der Waals surface area contributed by atoms with Crippen LogP contribution in [0.1, 0.15) is 13.8 Å². The summed E-state index contributed by atoms with van der Waals surface area (Å²) >= 11 is 11.8. The molecule has 0 aromatic heterocycles. The van der Waals surface area contributed by atoms with Crippen LogP contribution in [0.15, 0.2) is 42.5 Å². The zero-order valence-corrected chi connectivity index (χ0v) is 14.6. The second kappa shape index (κ2) is 8.04. The van der Waals surface area contributed by atoms with Gasteiger partial charge in [-0.1, -0.05) is 23.2 Å². The Bertz CT molecular complexity index is 748. The van der Waals surface area contributed by atoms with Crippen LogP contribution < -0.4 is 15.4 Å². The van der Waals surface area contributed by atoms with Gasteiger partial charge in [-0.05, 0) is 49.4 Å². The molecule has 2 rings (SSSR count). The summed E-state index contributed by atoms with van der Waals surface area (Å²) in [5, 5.41) is 6.20. The molecule has 24 heavy (non-hydrogen) atoms. The van der Waals surface area contributed by atoms with Crippen molar-refractivity contribution in [3.63, 3.8) is 0 Å². The van der Waals surface area contributed by atoms with E-state index in [9.17, 15) is 9.59 Å². The average Bonchev–Trinajstić information content (AvgIpc) is 2.51. The van der Waals surface area contributed by atoms with Crippen molar-refractivity contribution in [1.82, 2.24) is 0 Å². The molecule has 0 bridgehead atoms. The van der Waals surface area contributed by atoms with Crippen LogP contribution >= 0.6 is 23.2 Å². The van der Waals surface area contributed by atoms with Crippen molar-refractivity contribution < 1.29 is 14.3 Å². The maximum Gasteiger partial charge on any atom is 0.265 e. The molecule has 0 heterocycles. The summed E-state index contributed by atoms with van der Waals surface area (Å²) < 4.78 is 5.55. The minimum absolute atomic E-state index is 0.159. The highest BCUT2D eigenvalue weighted by Crippen LogP contribution is 2.28. The van der Waals surface area contributed by atoms with E-state index in [1.807, 2.05) is 0 Å². The standard InChI is InChI=1S/C17H16Cl2N2O3/c1-10(24-16-8-3-12(18)9-15(16)19)17(23)21-14-6-4-13(5-7-14)20-11(2)22/h3-10H,1-2H3,(H,20,22)(H,21,23)/t10-/m1/s1. The first-order valence-electron chi connectivity index (χ1n) is 7.15. The molecular weight excluding hydrogens is 351 g/mol. The van der Waals surface area contributed by atoms with E-state index in [1.54, 1.807) is 49.4 Å². The molecule has 0 aliphatic carbocycles. The maximum absolute atomic E-state index is 12.2. The molecule has 0 spiro atoms. The van der Waals surface area contributed by atoms with Crippen molar-refractivity contribution in [2.45, 2.75) is 20.0 Å². The molecule has 126 valence electrons. The van der Waals surface area contributed by atoms with Crippen LogP contribution in [-0.4, -0.2) is 17.9 Å². The van der Waals surface area contributed by atoms with Crippen molar-refractivity contribution in [2.24, 2.45) is 0 Å². The van der Waals surface area contributed by atoms with E-state index in [4.69, 9.17) is 27.9 Å². The van der Waals surface area contributed by atoms with E-state index < -0.39 is 6.10 Å². The number of halogens is 2. The molecule has 0 radical (unpaired) electrons. The van der Waals surface area contributed by atoms with Gasteiger partial charge >= 0.3 is 0 Å². The number of carbonyl (C=O) groups is 2. The number of benzene rings is 2. The van der Waals surface area contributed by atoms with E-state index >= 15 is 0 Å². The Morgan fingerprint density at radius 1 is 1.00 bits per heavy atom. The third-order valence-electron chi connectivity index (χ3n) is 3.04. The minimum atomic E-state index is -0.751. The van der Waals surface area contributed by atoms with Gasteiger partial charge in [0, 0.05) is 23.3 Å². The lowest BCUT2D eigenvalue weighted by atomic mass is 10.2. The summed E-state index contributed by atoms with van der Waals surface area (Å²) in [4.78, 5) is 23.2. The van der Waals surface area contributed by atoms with Crippen molar-refractivity contribution in [1.29, 1.82) is 0 Å². The molecule has 0 saturated heterocycles. The Morgan fingerprint density at radius 2 is 1.58 bits per heavy atom. The SMILES string of the molecule is CC(=O)Nc1ccc(NC(=O)[C@@H](C)Oc2ccc(Cl)cc2Cl)cc1. The number of rotatable bonds is 5. The van der Waals surface area contributed by atoms with Gasteiger partial charge in [-0.25, -0.2) is 0 Å². The summed E-state index contributed by atoms with van der Waals surface area (Å²) in [6.07, 6.45) is -0.751. The fourth-order valence-corrected chi connectivity index (χ4v) is 2.35. The molecular formula is C17H16Cl2N2O3. The lowest BCUT2D eigenvalue weighted by Gasteiger charge is -2.16. The number of ether oxygens (including phenoxy) is 1. The Hall–Kier alpha value is -2.24. The first-order valence-corrected chi connectivity index (χ1v) is 7.91. The monoisotopic (exact) mass is 366 g/mol. The predicted molar refractivity (Wildman–Crippen MR) is 95.9 cm³/mol. The maximum atomic E-state index is 12.2. The smallest absolute Gasteiger partial charge is 0.265 e. The van der Waals surface area contributed by atoms with Crippen molar-refractivity contribution in [2.75, 3.05) is 10.6 Å². The zero-order chi connectivity index (χ0) is 17.7. The van der Waals surface area contributed by atoms with Gasteiger partial charge in [0.05, 0.1) is 5.02 Å². The van der Waals surface area contributed by atoms with Crippen LogP contribution in [0.5, 0.6) is 5.75 Å². The van der Waals surface area contributed by atoms with Crippen LogP contribution in [0.3, 0.4) is 0 Å². The summed E-state index contributed by atoms with van der Waals surface area (Å²) in [7, 11) is 0. The van der Waals surface area contributed by atoms with Gasteiger partial charge in [0.1, 0.15) is 5.75 Å². The van der Waals surface area contributed by atoms with Crippen LogP contribution in [0.25, 0.3) is 0 Å². The fourth-order valence-electron chi connectivity index (χ4n) is 1.90. The first kappa shape index (κ1) is 18.1. The summed E-state index contributed by atoms with van der Waals surface area (Å²) in [5.41, 5.74) is 1.24. The highest BCUT2D eigenvalue weighted by molar-refractivity contribution is 6.35. The molecule has 2 amide bonds. The molecule has 0 fully saturated rings. The van der Waals surface area contributed by atoms with Crippen molar-refractivity contribution >= 4 is 46.4 Å². The molecule has 0 aliphatic heterocycles. The first-order chi connectivity index (χ1) is 11.3. The van der Waals surface area contributed by atoms with Gasteiger partial charge < -0.3 is 15.4 Å². The number of carbonyl (C=O) groups excluding carboxylic acids is 2. The molecule has 2 aromatic rings. The topological polar surface area (TPSA) is 67.4 Å². The van der Waals surface area contributed by atoms with E-state index in [1.165, 1.54) is 6.92 Å². The third kappa shape index (κ3) is 5.15. The zero-order valence-electron chi connectivity index (χ0n) is 13.1. The van der Waals surface area contributed by atoms with Gasteiger partial charge in [0.15, 0.2) is 6.10 Å². The van der Waals surface area contributed by atoms with Crippen molar-refractivity contribution in [3.8, 4) is 5.75 Å². The number of hydrogen-bond donors (Lipinski definition) is 2. The van der Waals surface area contributed by atoms with Crippen LogP contribution in [0, 0.1) is 0 Å². The minimum Gasteiger partial charge on any atom is -0.479 e. The molecule has 2 N–H and O–H groups in total. The number of nitrogens with one attached hydrogen (secondary N) is 2. The molecule has 0 saturated carbocycles. The highest BCUT2D eigenvalue weighted by atomic mass is 35.5. The molecule has 0 unspecified atom stereocenters. The average molecular weight is 367 g/mol. The molecule has 2 aromatic carbocycles. The summed E-state index contributed by atoms with van der Waals surface area (Å²) in [6.45, 7) is 3.04. The van der Waals surface area contributed by atoms with E-state index in [-0.39, 0.29) is 11.8 Å². The molecule has 7 heteroatoms. The number of anilines is 2. The molecule has 5 nitrogen and oxygen atoms in total. The van der Waals surface area contributed by atoms with E-state index in [2.05, 4.69) is 10.6 Å². The van der Waals surface area contributed by atoms with Gasteiger partial charge in [0.25, 0.3) is 5.91 Å². The predicted octanol–water partition coefficient (Wildman–Crippen LogP) is 4.36. The normalized spacial score (nSPS) is 11.5.